The summed E-state index contributed by atoms with van der Waals surface area (Å²) in [7, 11) is 2.87. The van der Waals surface area contributed by atoms with Gasteiger partial charge in [-0.2, -0.15) is 5.10 Å². The molecule has 0 atom stereocenters. The number of amides is 1. The highest BCUT2D eigenvalue weighted by Crippen LogP contribution is 2.36. The number of ether oxygens (including phenoxy) is 3. The summed E-state index contributed by atoms with van der Waals surface area (Å²) >= 11 is 0. The van der Waals surface area contributed by atoms with E-state index in [1.165, 1.54) is 20.4 Å². The Morgan fingerprint density at radius 3 is 2.30 bits per heavy atom. The Morgan fingerprint density at radius 1 is 1.11 bits per heavy atom. The van der Waals surface area contributed by atoms with Gasteiger partial charge in [0.15, 0.2) is 18.1 Å². The van der Waals surface area contributed by atoms with E-state index in [1.807, 2.05) is 32.9 Å². The van der Waals surface area contributed by atoms with Crippen LogP contribution in [0.1, 0.15) is 22.3 Å². The zero-order chi connectivity index (χ0) is 20.0. The molecule has 0 aliphatic heterocycles. The molecule has 144 valence electrons. The van der Waals surface area contributed by atoms with Crippen molar-refractivity contribution in [3.05, 3.63) is 46.5 Å². The zero-order valence-corrected chi connectivity index (χ0v) is 16.1. The van der Waals surface area contributed by atoms with Gasteiger partial charge in [-0.3, -0.25) is 4.79 Å². The molecule has 0 spiro atoms. The fourth-order valence-electron chi connectivity index (χ4n) is 2.48. The number of phenolic OH excluding ortho intramolecular Hbond substituents is 1. The smallest absolute Gasteiger partial charge is 0.277 e. The second-order valence-corrected chi connectivity index (χ2v) is 6.01. The van der Waals surface area contributed by atoms with E-state index in [9.17, 15) is 9.90 Å². The number of rotatable bonds is 7. The van der Waals surface area contributed by atoms with Crippen molar-refractivity contribution in [2.75, 3.05) is 20.8 Å². The highest BCUT2D eigenvalue weighted by molar-refractivity contribution is 5.84. The maximum atomic E-state index is 12.0. The predicted octanol–water partition coefficient (Wildman–Crippen LogP) is 2.86. The monoisotopic (exact) mass is 372 g/mol. The molecule has 0 bridgehead atoms. The van der Waals surface area contributed by atoms with Crippen molar-refractivity contribution in [2.24, 2.45) is 5.10 Å². The molecule has 0 fully saturated rings. The number of phenols is 1. The standard InChI is InChI=1S/C20H24N2O5/c1-12-6-7-13(2)20(14(12)3)27-11-18(23)22-21-10-15-8-16(25-4)19(24)17(9-15)26-5/h6-10,24H,11H2,1-5H3,(H,22,23)/b21-10+. The van der Waals surface area contributed by atoms with Crippen LogP contribution in [0.4, 0.5) is 0 Å². The van der Waals surface area contributed by atoms with Gasteiger partial charge < -0.3 is 19.3 Å². The lowest BCUT2D eigenvalue weighted by Crippen LogP contribution is -2.25. The van der Waals surface area contributed by atoms with E-state index in [0.29, 0.717) is 11.3 Å². The van der Waals surface area contributed by atoms with Crippen molar-refractivity contribution in [3.8, 4) is 23.0 Å². The summed E-state index contributed by atoms with van der Waals surface area (Å²) in [5.74, 6) is 0.719. The molecule has 7 nitrogen and oxygen atoms in total. The van der Waals surface area contributed by atoms with E-state index in [1.54, 1.807) is 12.1 Å². The zero-order valence-electron chi connectivity index (χ0n) is 16.1. The Bertz CT molecular complexity index is 837. The topological polar surface area (TPSA) is 89.4 Å². The quantitative estimate of drug-likeness (QED) is 0.576. The maximum absolute atomic E-state index is 12.0. The number of hydrazone groups is 1. The van der Waals surface area contributed by atoms with Crippen molar-refractivity contribution >= 4 is 12.1 Å². The van der Waals surface area contributed by atoms with Crippen LogP contribution in [-0.2, 0) is 4.79 Å². The minimum Gasteiger partial charge on any atom is -0.502 e. The van der Waals surface area contributed by atoms with Crippen molar-refractivity contribution < 1.29 is 24.1 Å². The SMILES string of the molecule is COc1cc(/C=N/NC(=O)COc2c(C)ccc(C)c2C)cc(OC)c1O. The molecule has 0 saturated carbocycles. The Kier molecular flexibility index (Phi) is 6.65. The normalized spacial score (nSPS) is 10.7. The summed E-state index contributed by atoms with van der Waals surface area (Å²) in [5.41, 5.74) is 6.08. The summed E-state index contributed by atoms with van der Waals surface area (Å²) < 4.78 is 15.8. The first-order valence-electron chi connectivity index (χ1n) is 8.33. The Morgan fingerprint density at radius 2 is 1.70 bits per heavy atom. The van der Waals surface area contributed by atoms with E-state index >= 15 is 0 Å². The lowest BCUT2D eigenvalue weighted by molar-refractivity contribution is -0.123. The van der Waals surface area contributed by atoms with Crippen molar-refractivity contribution in [1.82, 2.24) is 5.43 Å². The van der Waals surface area contributed by atoms with E-state index < -0.39 is 0 Å². The number of methoxy groups -OCH3 is 2. The number of hydrogen-bond donors (Lipinski definition) is 2. The van der Waals surface area contributed by atoms with E-state index in [0.717, 1.165) is 16.7 Å². The molecule has 2 rings (SSSR count). The lowest BCUT2D eigenvalue weighted by Gasteiger charge is -2.13. The van der Waals surface area contributed by atoms with Gasteiger partial charge in [-0.25, -0.2) is 5.43 Å². The van der Waals surface area contributed by atoms with Gasteiger partial charge in [0.05, 0.1) is 20.4 Å². The van der Waals surface area contributed by atoms with Crippen LogP contribution < -0.4 is 19.6 Å². The number of nitrogens with zero attached hydrogens (tertiary/aromatic N) is 1. The van der Waals surface area contributed by atoms with Crippen LogP contribution in [0.3, 0.4) is 0 Å². The minimum atomic E-state index is -0.385. The van der Waals surface area contributed by atoms with Crippen LogP contribution in [0.5, 0.6) is 23.0 Å². The second kappa shape index (κ2) is 8.93. The molecule has 0 heterocycles. The van der Waals surface area contributed by atoms with Gasteiger partial charge in [0.25, 0.3) is 5.91 Å². The molecule has 7 heteroatoms. The second-order valence-electron chi connectivity index (χ2n) is 6.01. The van der Waals surface area contributed by atoms with Crippen LogP contribution in [0, 0.1) is 20.8 Å². The molecule has 2 aromatic carbocycles. The van der Waals surface area contributed by atoms with Gasteiger partial charge in [-0.05, 0) is 49.6 Å². The molecule has 0 aliphatic carbocycles. The van der Waals surface area contributed by atoms with Crippen molar-refractivity contribution in [3.63, 3.8) is 0 Å². The van der Waals surface area contributed by atoms with Crippen LogP contribution >= 0.6 is 0 Å². The fourth-order valence-corrected chi connectivity index (χ4v) is 2.48. The molecule has 2 aromatic rings. The van der Waals surface area contributed by atoms with Gasteiger partial charge in [0, 0.05) is 5.56 Å². The number of carbonyl (C=O) groups excluding carboxylic acids is 1. The summed E-state index contributed by atoms with van der Waals surface area (Å²) in [6, 6.07) is 7.12. The van der Waals surface area contributed by atoms with Crippen LogP contribution in [0.25, 0.3) is 0 Å². The third-order valence-electron chi connectivity index (χ3n) is 4.13. The van der Waals surface area contributed by atoms with Crippen LogP contribution in [0.15, 0.2) is 29.4 Å². The largest absolute Gasteiger partial charge is 0.502 e. The third kappa shape index (κ3) is 4.91. The van der Waals surface area contributed by atoms with Gasteiger partial charge in [0.1, 0.15) is 5.75 Å². The maximum Gasteiger partial charge on any atom is 0.277 e. The first-order chi connectivity index (χ1) is 12.9. The summed E-state index contributed by atoms with van der Waals surface area (Å²) in [6.45, 7) is 5.74. The molecule has 2 N–H and O–H groups in total. The third-order valence-corrected chi connectivity index (χ3v) is 4.13. The average molecular weight is 372 g/mol. The van der Waals surface area contributed by atoms with E-state index in [2.05, 4.69) is 10.5 Å². The molecule has 27 heavy (non-hydrogen) atoms. The molecule has 1 amide bonds. The Hall–Kier alpha value is -3.22. The number of aromatic hydroxyl groups is 1. The molecule has 0 saturated heterocycles. The van der Waals surface area contributed by atoms with E-state index in [4.69, 9.17) is 14.2 Å². The van der Waals surface area contributed by atoms with Gasteiger partial charge >= 0.3 is 0 Å². The van der Waals surface area contributed by atoms with Crippen molar-refractivity contribution in [1.29, 1.82) is 0 Å². The summed E-state index contributed by atoms with van der Waals surface area (Å²) in [5, 5.41) is 13.8. The average Bonchev–Trinajstić information content (AvgIpc) is 2.65. The Balaban J connectivity index is 1.99. The Labute approximate surface area is 158 Å². The molecule has 0 unspecified atom stereocenters. The summed E-state index contributed by atoms with van der Waals surface area (Å²) in [6.07, 6.45) is 1.42. The molecular weight excluding hydrogens is 348 g/mol. The van der Waals surface area contributed by atoms with Gasteiger partial charge in [-0.1, -0.05) is 12.1 Å². The fraction of sp³-hybridized carbons (Fsp3) is 0.300. The predicted molar refractivity (Wildman–Crippen MR) is 103 cm³/mol. The highest BCUT2D eigenvalue weighted by Gasteiger charge is 2.11. The summed E-state index contributed by atoms with van der Waals surface area (Å²) in [4.78, 5) is 12.0. The highest BCUT2D eigenvalue weighted by atomic mass is 16.5. The molecule has 0 aromatic heterocycles. The van der Waals surface area contributed by atoms with E-state index in [-0.39, 0.29) is 29.8 Å². The number of hydrogen-bond acceptors (Lipinski definition) is 6. The van der Waals surface area contributed by atoms with Crippen molar-refractivity contribution in [2.45, 2.75) is 20.8 Å². The van der Waals surface area contributed by atoms with Crippen LogP contribution in [-0.4, -0.2) is 38.1 Å². The number of nitrogens with one attached hydrogen (secondary N) is 1. The molecule has 0 aliphatic rings. The molecule has 0 radical (unpaired) electrons. The lowest BCUT2D eigenvalue weighted by atomic mass is 10.1. The molecular formula is C20H24N2O5. The first-order valence-corrected chi connectivity index (χ1v) is 8.33. The first kappa shape index (κ1) is 20.1. The minimum absolute atomic E-state index is 0.0986. The van der Waals surface area contributed by atoms with Gasteiger partial charge in [-0.15, -0.1) is 0 Å². The number of aryl methyl sites for hydroxylation is 2. The van der Waals surface area contributed by atoms with Gasteiger partial charge in [0.2, 0.25) is 5.75 Å². The van der Waals surface area contributed by atoms with Crippen LogP contribution in [0.2, 0.25) is 0 Å². The number of benzene rings is 2. The number of carbonyl (C=O) groups is 1.